The number of rotatable bonds is 1. The van der Waals surface area contributed by atoms with Gasteiger partial charge in [-0.3, -0.25) is 14.3 Å². The van der Waals surface area contributed by atoms with E-state index in [2.05, 4.69) is 9.97 Å². The van der Waals surface area contributed by atoms with Crippen molar-refractivity contribution in [3.05, 3.63) is 46.8 Å². The molecule has 1 aliphatic rings. The highest BCUT2D eigenvalue weighted by Gasteiger charge is 2.29. The van der Waals surface area contributed by atoms with Gasteiger partial charge in [0.15, 0.2) is 0 Å². The Kier molecular flexibility index (Phi) is 3.14. The number of nitrogens with zero attached hydrogens (tertiary/aromatic N) is 3. The molecule has 0 aromatic carbocycles. The highest BCUT2D eigenvalue weighted by molar-refractivity contribution is 5.57. The smallest absolute Gasteiger partial charge is 0.254 e. The van der Waals surface area contributed by atoms with Crippen LogP contribution >= 0.6 is 0 Å². The minimum atomic E-state index is -0.557. The Labute approximate surface area is 117 Å². The van der Waals surface area contributed by atoms with Crippen molar-refractivity contribution in [3.63, 3.8) is 0 Å². The second kappa shape index (κ2) is 4.83. The molecule has 2 N–H and O–H groups in total. The van der Waals surface area contributed by atoms with Crippen LogP contribution in [0.4, 0.5) is 0 Å². The van der Waals surface area contributed by atoms with Crippen molar-refractivity contribution in [2.45, 2.75) is 38.3 Å². The lowest BCUT2D eigenvalue weighted by Gasteiger charge is -2.24. The molecule has 0 saturated carbocycles. The van der Waals surface area contributed by atoms with Gasteiger partial charge in [-0.25, -0.2) is 4.98 Å². The van der Waals surface area contributed by atoms with Crippen LogP contribution in [-0.4, -0.2) is 14.5 Å². The van der Waals surface area contributed by atoms with Crippen LogP contribution < -0.4 is 11.3 Å². The van der Waals surface area contributed by atoms with E-state index >= 15 is 0 Å². The molecule has 2 aromatic rings. The third kappa shape index (κ3) is 2.25. The molecule has 0 aliphatic carbocycles. The summed E-state index contributed by atoms with van der Waals surface area (Å²) in [6.45, 7) is 2.65. The van der Waals surface area contributed by atoms with Gasteiger partial charge in [0.2, 0.25) is 0 Å². The largest absolute Gasteiger partial charge is 0.319 e. The summed E-state index contributed by atoms with van der Waals surface area (Å²) in [7, 11) is 0. The second-order valence-corrected chi connectivity index (χ2v) is 5.57. The lowest BCUT2D eigenvalue weighted by molar-refractivity contribution is 0.417. The van der Waals surface area contributed by atoms with Gasteiger partial charge in [0.05, 0.1) is 11.2 Å². The van der Waals surface area contributed by atoms with Gasteiger partial charge in [0, 0.05) is 30.6 Å². The summed E-state index contributed by atoms with van der Waals surface area (Å²) in [5.74, 6) is 0.689. The van der Waals surface area contributed by atoms with Crippen molar-refractivity contribution in [1.29, 1.82) is 0 Å². The van der Waals surface area contributed by atoms with E-state index in [-0.39, 0.29) is 5.56 Å². The van der Waals surface area contributed by atoms with E-state index in [1.807, 2.05) is 19.1 Å². The van der Waals surface area contributed by atoms with Gasteiger partial charge in [-0.1, -0.05) is 0 Å². The van der Waals surface area contributed by atoms with Crippen molar-refractivity contribution >= 4 is 0 Å². The van der Waals surface area contributed by atoms with Gasteiger partial charge in [0.25, 0.3) is 5.56 Å². The SMILES string of the molecule is CC1(N)CCCCn2c1nc(-c1ccncc1)cc2=O. The van der Waals surface area contributed by atoms with Crippen LogP contribution in [0.5, 0.6) is 0 Å². The molecule has 2 aromatic heterocycles. The van der Waals surface area contributed by atoms with Crippen molar-refractivity contribution < 1.29 is 0 Å². The molecular formula is C15H18N4O. The maximum Gasteiger partial charge on any atom is 0.254 e. The Morgan fingerprint density at radius 2 is 2.05 bits per heavy atom. The molecule has 1 atom stereocenters. The first-order valence-corrected chi connectivity index (χ1v) is 6.89. The first kappa shape index (κ1) is 13.0. The van der Waals surface area contributed by atoms with Crippen LogP contribution in [0.1, 0.15) is 32.0 Å². The Bertz CT molecular complexity index is 676. The molecule has 0 amide bonds. The summed E-state index contributed by atoms with van der Waals surface area (Å²) in [5, 5.41) is 0. The maximum absolute atomic E-state index is 12.4. The molecule has 3 heterocycles. The minimum Gasteiger partial charge on any atom is -0.319 e. The van der Waals surface area contributed by atoms with Crippen LogP contribution in [0.3, 0.4) is 0 Å². The van der Waals surface area contributed by atoms with Gasteiger partial charge in [0.1, 0.15) is 5.82 Å². The van der Waals surface area contributed by atoms with E-state index in [4.69, 9.17) is 5.73 Å². The van der Waals surface area contributed by atoms with E-state index in [1.54, 1.807) is 23.0 Å². The minimum absolute atomic E-state index is 0.0274. The first-order chi connectivity index (χ1) is 9.58. The predicted octanol–water partition coefficient (Wildman–Crippen LogP) is 1.66. The normalized spacial score (nSPS) is 22.1. The molecule has 0 spiro atoms. The van der Waals surface area contributed by atoms with Crippen molar-refractivity contribution in [1.82, 2.24) is 14.5 Å². The first-order valence-electron chi connectivity index (χ1n) is 6.89. The van der Waals surface area contributed by atoms with Crippen LogP contribution in [0, 0.1) is 0 Å². The van der Waals surface area contributed by atoms with Gasteiger partial charge in [-0.2, -0.15) is 0 Å². The molecule has 5 heteroatoms. The lowest BCUT2D eigenvalue weighted by Crippen LogP contribution is -2.39. The average molecular weight is 270 g/mol. The zero-order chi connectivity index (χ0) is 14.2. The van der Waals surface area contributed by atoms with E-state index < -0.39 is 5.54 Å². The lowest BCUT2D eigenvalue weighted by atomic mass is 9.96. The molecule has 1 unspecified atom stereocenters. The Hall–Kier alpha value is -2.01. The van der Waals surface area contributed by atoms with Crippen LogP contribution in [-0.2, 0) is 12.1 Å². The highest BCUT2D eigenvalue weighted by atomic mass is 16.1. The molecule has 0 fully saturated rings. The summed E-state index contributed by atoms with van der Waals surface area (Å²) < 4.78 is 1.72. The number of aromatic nitrogens is 3. The standard InChI is InChI=1S/C15H18N4O/c1-15(16)6-2-3-9-19-13(20)10-12(18-14(15)19)11-4-7-17-8-5-11/h4-5,7-8,10H,2-3,6,9,16H2,1H3. The fourth-order valence-electron chi connectivity index (χ4n) is 2.70. The number of hydrogen-bond donors (Lipinski definition) is 1. The maximum atomic E-state index is 12.4. The molecule has 104 valence electrons. The van der Waals surface area contributed by atoms with E-state index in [0.29, 0.717) is 18.1 Å². The Morgan fingerprint density at radius 3 is 2.80 bits per heavy atom. The van der Waals surface area contributed by atoms with Crippen molar-refractivity contribution in [3.8, 4) is 11.3 Å². The molecular weight excluding hydrogens is 252 g/mol. The van der Waals surface area contributed by atoms with E-state index in [0.717, 1.165) is 24.8 Å². The van der Waals surface area contributed by atoms with Crippen molar-refractivity contribution in [2.75, 3.05) is 0 Å². The van der Waals surface area contributed by atoms with Gasteiger partial charge in [-0.15, -0.1) is 0 Å². The molecule has 20 heavy (non-hydrogen) atoms. The fourth-order valence-corrected chi connectivity index (χ4v) is 2.70. The predicted molar refractivity (Wildman–Crippen MR) is 77.1 cm³/mol. The molecule has 0 saturated heterocycles. The zero-order valence-corrected chi connectivity index (χ0v) is 11.5. The number of pyridine rings is 1. The molecule has 1 aliphatic heterocycles. The van der Waals surface area contributed by atoms with Gasteiger partial charge in [-0.05, 0) is 38.3 Å². The number of hydrogen-bond acceptors (Lipinski definition) is 4. The van der Waals surface area contributed by atoms with E-state index in [1.165, 1.54) is 0 Å². The van der Waals surface area contributed by atoms with Crippen LogP contribution in [0.2, 0.25) is 0 Å². The van der Waals surface area contributed by atoms with Gasteiger partial charge < -0.3 is 5.73 Å². The summed E-state index contributed by atoms with van der Waals surface area (Å²) in [6, 6.07) is 5.28. The summed E-state index contributed by atoms with van der Waals surface area (Å²) >= 11 is 0. The molecule has 0 radical (unpaired) electrons. The third-order valence-corrected chi connectivity index (χ3v) is 3.82. The zero-order valence-electron chi connectivity index (χ0n) is 11.5. The fraction of sp³-hybridized carbons (Fsp3) is 0.400. The molecule has 3 rings (SSSR count). The highest BCUT2D eigenvalue weighted by Crippen LogP contribution is 2.27. The summed E-state index contributed by atoms with van der Waals surface area (Å²) in [5.41, 5.74) is 7.34. The Balaban J connectivity index is 2.20. The summed E-state index contributed by atoms with van der Waals surface area (Å²) in [4.78, 5) is 21.0. The summed E-state index contributed by atoms with van der Waals surface area (Å²) in [6.07, 6.45) is 6.22. The van der Waals surface area contributed by atoms with E-state index in [9.17, 15) is 4.79 Å². The monoisotopic (exact) mass is 270 g/mol. The second-order valence-electron chi connectivity index (χ2n) is 5.57. The van der Waals surface area contributed by atoms with Gasteiger partial charge >= 0.3 is 0 Å². The van der Waals surface area contributed by atoms with Crippen LogP contribution in [0.15, 0.2) is 35.4 Å². The number of nitrogens with two attached hydrogens (primary N) is 1. The average Bonchev–Trinajstić information content (AvgIpc) is 2.59. The number of fused-ring (bicyclic) bond motifs is 1. The quantitative estimate of drug-likeness (QED) is 0.855. The molecule has 5 nitrogen and oxygen atoms in total. The van der Waals surface area contributed by atoms with Crippen molar-refractivity contribution in [2.24, 2.45) is 5.73 Å². The Morgan fingerprint density at radius 1 is 1.30 bits per heavy atom. The molecule has 0 bridgehead atoms. The van der Waals surface area contributed by atoms with Crippen LogP contribution in [0.25, 0.3) is 11.3 Å². The topological polar surface area (TPSA) is 73.8 Å². The third-order valence-electron chi connectivity index (χ3n) is 3.82.